The number of anilines is 1. The Morgan fingerprint density at radius 1 is 1.00 bits per heavy atom. The van der Waals surface area contributed by atoms with E-state index in [1.807, 2.05) is 12.1 Å². The zero-order chi connectivity index (χ0) is 15.7. The van der Waals surface area contributed by atoms with Crippen LogP contribution in [0.5, 0.6) is 5.75 Å². The van der Waals surface area contributed by atoms with Crippen molar-refractivity contribution in [1.29, 1.82) is 0 Å². The van der Waals surface area contributed by atoms with Crippen LogP contribution in [0, 0.1) is 10.8 Å². The number of ether oxygens (including phenoxy) is 1. The number of rotatable bonds is 4. The van der Waals surface area contributed by atoms with Gasteiger partial charge in [0.2, 0.25) is 0 Å². The highest BCUT2D eigenvalue weighted by Gasteiger charge is 2.46. The quantitative estimate of drug-likeness (QED) is 0.879. The van der Waals surface area contributed by atoms with E-state index in [-0.39, 0.29) is 5.54 Å². The van der Waals surface area contributed by atoms with Gasteiger partial charge in [-0.2, -0.15) is 0 Å². The summed E-state index contributed by atoms with van der Waals surface area (Å²) < 4.78 is 5.22. The first-order valence-electron chi connectivity index (χ1n) is 7.82. The van der Waals surface area contributed by atoms with Crippen molar-refractivity contribution >= 4 is 5.69 Å². The molecule has 1 saturated carbocycles. The lowest BCUT2D eigenvalue weighted by molar-refractivity contribution is 0.0623. The van der Waals surface area contributed by atoms with E-state index in [0.29, 0.717) is 17.4 Å². The maximum atomic E-state index is 6.20. The van der Waals surface area contributed by atoms with Crippen molar-refractivity contribution in [2.24, 2.45) is 16.6 Å². The van der Waals surface area contributed by atoms with Crippen molar-refractivity contribution in [2.75, 3.05) is 19.0 Å². The Morgan fingerprint density at radius 3 is 1.95 bits per heavy atom. The summed E-state index contributed by atoms with van der Waals surface area (Å²) in [6.07, 6.45) is 3.45. The summed E-state index contributed by atoms with van der Waals surface area (Å²) >= 11 is 0. The highest BCUT2D eigenvalue weighted by atomic mass is 16.5. The van der Waals surface area contributed by atoms with Crippen molar-refractivity contribution in [3.8, 4) is 5.75 Å². The van der Waals surface area contributed by atoms with Gasteiger partial charge in [0, 0.05) is 12.2 Å². The molecule has 0 heterocycles. The number of benzene rings is 1. The lowest BCUT2D eigenvalue weighted by Gasteiger charge is -2.52. The van der Waals surface area contributed by atoms with Crippen molar-refractivity contribution in [3.05, 3.63) is 24.3 Å². The molecule has 1 aliphatic rings. The molecule has 0 radical (unpaired) electrons. The second-order valence-electron chi connectivity index (χ2n) is 8.20. The van der Waals surface area contributed by atoms with E-state index in [0.717, 1.165) is 24.3 Å². The summed E-state index contributed by atoms with van der Waals surface area (Å²) in [5.74, 6) is 0.881. The maximum absolute atomic E-state index is 6.20. The summed E-state index contributed by atoms with van der Waals surface area (Å²) in [5, 5.41) is 3.73. The fourth-order valence-electron chi connectivity index (χ4n) is 4.58. The van der Waals surface area contributed by atoms with Crippen molar-refractivity contribution < 1.29 is 4.74 Å². The number of nitrogens with two attached hydrogens (primary N) is 1. The molecule has 0 amide bonds. The Labute approximate surface area is 129 Å². The van der Waals surface area contributed by atoms with Gasteiger partial charge in [0.25, 0.3) is 0 Å². The number of hydrogen-bond donors (Lipinski definition) is 2. The van der Waals surface area contributed by atoms with Crippen LogP contribution in [0.25, 0.3) is 0 Å². The highest BCUT2D eigenvalue weighted by molar-refractivity contribution is 5.49. The fourth-order valence-corrected chi connectivity index (χ4v) is 4.58. The Balaban J connectivity index is 2.23. The molecule has 1 fully saturated rings. The average Bonchev–Trinajstić information content (AvgIpc) is 2.36. The molecule has 3 N–H and O–H groups in total. The van der Waals surface area contributed by atoms with Gasteiger partial charge in [-0.1, -0.05) is 27.7 Å². The van der Waals surface area contributed by atoms with Gasteiger partial charge >= 0.3 is 0 Å². The molecule has 1 aromatic rings. The highest BCUT2D eigenvalue weighted by Crippen LogP contribution is 2.50. The van der Waals surface area contributed by atoms with Crippen LogP contribution in [0.1, 0.15) is 47.0 Å². The Morgan fingerprint density at radius 2 is 1.52 bits per heavy atom. The summed E-state index contributed by atoms with van der Waals surface area (Å²) in [5.41, 5.74) is 7.90. The molecular weight excluding hydrogens is 260 g/mol. The Kier molecular flexibility index (Phi) is 4.25. The van der Waals surface area contributed by atoms with Crippen molar-refractivity contribution in [1.82, 2.24) is 0 Å². The normalized spacial score (nSPS) is 22.6. The van der Waals surface area contributed by atoms with E-state index < -0.39 is 0 Å². The zero-order valence-electron chi connectivity index (χ0n) is 14.1. The molecule has 0 bridgehead atoms. The van der Waals surface area contributed by atoms with Crippen LogP contribution in [0.15, 0.2) is 24.3 Å². The minimum absolute atomic E-state index is 0.0279. The number of hydrogen-bond acceptors (Lipinski definition) is 3. The van der Waals surface area contributed by atoms with Crippen LogP contribution < -0.4 is 15.8 Å². The van der Waals surface area contributed by atoms with E-state index in [2.05, 4.69) is 45.1 Å². The van der Waals surface area contributed by atoms with Gasteiger partial charge in [0.05, 0.1) is 12.6 Å². The minimum Gasteiger partial charge on any atom is -0.497 e. The first-order valence-corrected chi connectivity index (χ1v) is 7.82. The molecule has 0 aliphatic heterocycles. The lowest BCUT2D eigenvalue weighted by Crippen LogP contribution is -2.55. The van der Waals surface area contributed by atoms with Crippen LogP contribution in [-0.4, -0.2) is 19.2 Å². The third kappa shape index (κ3) is 3.91. The molecule has 0 atom stereocenters. The maximum Gasteiger partial charge on any atom is 0.119 e. The number of nitrogens with one attached hydrogen (secondary N) is 1. The molecule has 0 unspecified atom stereocenters. The predicted molar refractivity (Wildman–Crippen MR) is 89.8 cm³/mol. The Hall–Kier alpha value is -1.22. The first kappa shape index (κ1) is 16.2. The fraction of sp³-hybridized carbons (Fsp3) is 0.667. The molecule has 2 rings (SSSR count). The third-order valence-corrected chi connectivity index (χ3v) is 4.48. The van der Waals surface area contributed by atoms with E-state index >= 15 is 0 Å². The second kappa shape index (κ2) is 5.53. The molecular formula is C18H30N2O. The molecule has 0 saturated heterocycles. The van der Waals surface area contributed by atoms with Gasteiger partial charge in [-0.05, 0) is 54.4 Å². The van der Waals surface area contributed by atoms with E-state index in [1.54, 1.807) is 7.11 Å². The van der Waals surface area contributed by atoms with Crippen LogP contribution in [0.4, 0.5) is 5.69 Å². The Bertz CT molecular complexity index is 460. The van der Waals surface area contributed by atoms with Crippen LogP contribution in [0.3, 0.4) is 0 Å². The number of methoxy groups -OCH3 is 1. The standard InChI is InChI=1S/C18H30N2O/c1-16(2)10-17(3,4)12-18(11-16,13-19)20-14-6-8-15(21-5)9-7-14/h6-9,20H,10-13,19H2,1-5H3. The summed E-state index contributed by atoms with van der Waals surface area (Å²) in [6, 6.07) is 8.13. The largest absolute Gasteiger partial charge is 0.497 e. The minimum atomic E-state index is -0.0279. The van der Waals surface area contributed by atoms with E-state index in [9.17, 15) is 0 Å². The van der Waals surface area contributed by atoms with Gasteiger partial charge in [0.1, 0.15) is 5.75 Å². The summed E-state index contributed by atoms with van der Waals surface area (Å²) in [7, 11) is 1.69. The second-order valence-corrected chi connectivity index (χ2v) is 8.20. The van der Waals surface area contributed by atoms with E-state index in [1.165, 1.54) is 6.42 Å². The van der Waals surface area contributed by atoms with Crippen molar-refractivity contribution in [2.45, 2.75) is 52.5 Å². The molecule has 3 heteroatoms. The predicted octanol–water partition coefficient (Wildman–Crippen LogP) is 4.04. The molecule has 21 heavy (non-hydrogen) atoms. The molecule has 3 nitrogen and oxygen atoms in total. The average molecular weight is 290 g/mol. The SMILES string of the molecule is COc1ccc(NC2(CN)CC(C)(C)CC(C)(C)C2)cc1. The van der Waals surface area contributed by atoms with Gasteiger partial charge < -0.3 is 15.8 Å². The van der Waals surface area contributed by atoms with Crippen molar-refractivity contribution in [3.63, 3.8) is 0 Å². The third-order valence-electron chi connectivity index (χ3n) is 4.48. The first-order chi connectivity index (χ1) is 9.69. The van der Waals surface area contributed by atoms with E-state index in [4.69, 9.17) is 10.5 Å². The van der Waals surface area contributed by atoms with Gasteiger partial charge in [-0.25, -0.2) is 0 Å². The van der Waals surface area contributed by atoms with Gasteiger partial charge in [0.15, 0.2) is 0 Å². The molecule has 0 aromatic heterocycles. The smallest absolute Gasteiger partial charge is 0.119 e. The molecule has 0 spiro atoms. The van der Waals surface area contributed by atoms with Gasteiger partial charge in [-0.15, -0.1) is 0 Å². The van der Waals surface area contributed by atoms with Gasteiger partial charge in [-0.3, -0.25) is 0 Å². The topological polar surface area (TPSA) is 47.3 Å². The molecule has 118 valence electrons. The van der Waals surface area contributed by atoms with Crippen LogP contribution >= 0.6 is 0 Å². The monoisotopic (exact) mass is 290 g/mol. The summed E-state index contributed by atoms with van der Waals surface area (Å²) in [6.45, 7) is 10.1. The van der Waals surface area contributed by atoms with Crippen LogP contribution in [-0.2, 0) is 0 Å². The zero-order valence-corrected chi connectivity index (χ0v) is 14.1. The summed E-state index contributed by atoms with van der Waals surface area (Å²) in [4.78, 5) is 0. The molecule has 1 aromatic carbocycles. The lowest BCUT2D eigenvalue weighted by atomic mass is 9.58. The molecule has 1 aliphatic carbocycles. The van der Waals surface area contributed by atoms with Crippen LogP contribution in [0.2, 0.25) is 0 Å².